The zero-order valence-corrected chi connectivity index (χ0v) is 23.6. The van der Waals surface area contributed by atoms with Crippen LogP contribution in [0.3, 0.4) is 0 Å². The number of para-hydroxylation sites is 1. The van der Waals surface area contributed by atoms with Crippen LogP contribution in [0.15, 0.2) is 59.4 Å². The Morgan fingerprint density at radius 1 is 0.977 bits per heavy atom. The van der Waals surface area contributed by atoms with Crippen LogP contribution in [0.2, 0.25) is 0 Å². The van der Waals surface area contributed by atoms with Crippen molar-refractivity contribution in [2.24, 2.45) is 5.92 Å². The first-order valence-electron chi connectivity index (χ1n) is 14.5. The Bertz CT molecular complexity index is 1590. The van der Waals surface area contributed by atoms with E-state index < -0.39 is 46.1 Å². The molecule has 1 aromatic heterocycles. The van der Waals surface area contributed by atoms with E-state index in [0.29, 0.717) is 64.0 Å². The van der Waals surface area contributed by atoms with Crippen LogP contribution in [0.5, 0.6) is 5.75 Å². The molecule has 3 N–H and O–H groups in total. The lowest BCUT2D eigenvalue weighted by molar-refractivity contribution is -0.147. The zero-order valence-electron chi connectivity index (χ0n) is 23.6. The van der Waals surface area contributed by atoms with Crippen LogP contribution in [0, 0.1) is 11.7 Å². The third kappa shape index (κ3) is 5.56. The molecule has 7 rings (SSSR count). The van der Waals surface area contributed by atoms with Crippen molar-refractivity contribution in [1.29, 1.82) is 0 Å². The number of hydrogen-bond acceptors (Lipinski definition) is 7. The summed E-state index contributed by atoms with van der Waals surface area (Å²) in [5, 5.41) is 16.2. The molecule has 2 bridgehead atoms. The van der Waals surface area contributed by atoms with E-state index in [9.17, 15) is 28.7 Å². The average molecular weight is 589 g/mol. The summed E-state index contributed by atoms with van der Waals surface area (Å²) in [5.41, 5.74) is -0.702. The smallest absolute Gasteiger partial charge is 0.312 e. The molecule has 1 aliphatic carbocycles. The Balaban J connectivity index is 1.22. The van der Waals surface area contributed by atoms with Gasteiger partial charge < -0.3 is 25.5 Å². The lowest BCUT2D eigenvalue weighted by atomic mass is 9.77. The van der Waals surface area contributed by atoms with Crippen LogP contribution < -0.4 is 21.1 Å². The molecule has 0 atom stereocenters. The normalized spacial score (nSPS) is 21.1. The topological polar surface area (TPSA) is 137 Å². The van der Waals surface area contributed by atoms with Crippen LogP contribution in [-0.4, -0.2) is 63.5 Å². The summed E-state index contributed by atoms with van der Waals surface area (Å²) in [6.45, 7) is 2.26. The minimum absolute atomic E-state index is 0.0225. The molecule has 2 aromatic carbocycles. The molecule has 1 saturated heterocycles. The van der Waals surface area contributed by atoms with E-state index in [-0.39, 0.29) is 18.3 Å². The van der Waals surface area contributed by atoms with Gasteiger partial charge in [-0.3, -0.25) is 23.7 Å². The van der Waals surface area contributed by atoms with Crippen molar-refractivity contribution >= 4 is 23.4 Å². The standard InChI is InChI=1S/C31H33FN6O5/c32-22-8-6-20(7-9-22)18-33-26(40)24-25(39)28(42)38-19-21-10-12-31(13-11-21,30(38)34-24)35-27(41)29(43)37-16-14-36(15-17-37)23-4-2-1-3-5-23/h1-9,21,39H,10-19H2,(H,33,40)(H,35,41). The second-order valence-corrected chi connectivity index (χ2v) is 11.5. The number of benzene rings is 2. The Labute approximate surface area is 247 Å². The number of anilines is 1. The van der Waals surface area contributed by atoms with Gasteiger partial charge in [-0.15, -0.1) is 0 Å². The molecule has 4 aliphatic rings. The molecule has 43 heavy (non-hydrogen) atoms. The highest BCUT2D eigenvalue weighted by molar-refractivity contribution is 6.35. The first-order chi connectivity index (χ1) is 20.7. The zero-order chi connectivity index (χ0) is 30.1. The number of rotatable bonds is 5. The summed E-state index contributed by atoms with van der Waals surface area (Å²) in [7, 11) is 0. The fourth-order valence-electron chi connectivity index (χ4n) is 6.34. The molecular formula is C31H33FN6O5. The molecule has 1 saturated carbocycles. The molecule has 4 heterocycles. The number of aromatic nitrogens is 2. The lowest BCUT2D eigenvalue weighted by Gasteiger charge is -2.39. The maximum absolute atomic E-state index is 13.4. The predicted octanol–water partition coefficient (Wildman–Crippen LogP) is 1.88. The molecule has 3 amide bonds. The largest absolute Gasteiger partial charge is 0.501 e. The van der Waals surface area contributed by atoms with E-state index in [0.717, 1.165) is 5.69 Å². The molecular weight excluding hydrogens is 555 g/mol. The van der Waals surface area contributed by atoms with E-state index in [4.69, 9.17) is 0 Å². The Hall–Kier alpha value is -4.74. The molecule has 11 nitrogen and oxygen atoms in total. The van der Waals surface area contributed by atoms with Gasteiger partial charge in [-0.25, -0.2) is 9.37 Å². The van der Waals surface area contributed by atoms with E-state index in [2.05, 4.69) is 20.5 Å². The minimum Gasteiger partial charge on any atom is -0.501 e. The van der Waals surface area contributed by atoms with Crippen molar-refractivity contribution in [1.82, 2.24) is 25.1 Å². The summed E-state index contributed by atoms with van der Waals surface area (Å²) in [4.78, 5) is 61.3. The van der Waals surface area contributed by atoms with Crippen molar-refractivity contribution in [3.8, 4) is 5.75 Å². The molecule has 0 spiro atoms. The van der Waals surface area contributed by atoms with Crippen LogP contribution in [0.4, 0.5) is 10.1 Å². The number of halogens is 1. The summed E-state index contributed by atoms with van der Waals surface area (Å²) in [6.07, 6.45) is 2.23. The van der Waals surface area contributed by atoms with Crippen molar-refractivity contribution in [2.45, 2.75) is 44.3 Å². The fraction of sp³-hybridized carbons (Fsp3) is 0.387. The maximum Gasteiger partial charge on any atom is 0.312 e. The summed E-state index contributed by atoms with van der Waals surface area (Å²) < 4.78 is 14.6. The quantitative estimate of drug-likeness (QED) is 0.387. The second-order valence-electron chi connectivity index (χ2n) is 11.5. The van der Waals surface area contributed by atoms with Crippen LogP contribution in [-0.2, 0) is 28.2 Å². The van der Waals surface area contributed by atoms with Crippen molar-refractivity contribution in [3.63, 3.8) is 0 Å². The fourth-order valence-corrected chi connectivity index (χ4v) is 6.34. The van der Waals surface area contributed by atoms with E-state index in [1.54, 1.807) is 0 Å². The SMILES string of the molecule is O=C(NC12CCC(CC1)Cn1c2nc(C(=O)NCc2ccc(F)cc2)c(O)c1=O)C(=O)N1CCN(c2ccccc2)CC1. The van der Waals surface area contributed by atoms with Crippen LogP contribution >= 0.6 is 0 Å². The Kier molecular flexibility index (Phi) is 7.59. The van der Waals surface area contributed by atoms with Gasteiger partial charge in [0.2, 0.25) is 5.75 Å². The molecule has 12 heteroatoms. The lowest BCUT2D eigenvalue weighted by Crippen LogP contribution is -2.57. The van der Waals surface area contributed by atoms with Gasteiger partial charge in [-0.2, -0.15) is 0 Å². The number of hydrogen-bond donors (Lipinski definition) is 3. The molecule has 2 fully saturated rings. The number of carbonyl (C=O) groups excluding carboxylic acids is 3. The molecule has 0 unspecified atom stereocenters. The molecule has 3 aromatic rings. The number of fused-ring (bicyclic) bond motifs is 2. The number of nitrogens with zero attached hydrogens (tertiary/aromatic N) is 4. The van der Waals surface area contributed by atoms with Crippen molar-refractivity contribution < 1.29 is 23.9 Å². The van der Waals surface area contributed by atoms with Crippen LogP contribution in [0.25, 0.3) is 0 Å². The van der Waals surface area contributed by atoms with Crippen LogP contribution in [0.1, 0.15) is 47.6 Å². The highest BCUT2D eigenvalue weighted by atomic mass is 19.1. The second kappa shape index (κ2) is 11.5. The third-order valence-corrected chi connectivity index (χ3v) is 8.79. The van der Waals surface area contributed by atoms with E-state index in [1.165, 1.54) is 33.7 Å². The van der Waals surface area contributed by atoms with Gasteiger partial charge in [0, 0.05) is 45.0 Å². The molecule has 3 aliphatic heterocycles. The third-order valence-electron chi connectivity index (χ3n) is 8.79. The predicted molar refractivity (Wildman–Crippen MR) is 155 cm³/mol. The van der Waals surface area contributed by atoms with Gasteiger partial charge in [-0.1, -0.05) is 30.3 Å². The van der Waals surface area contributed by atoms with Gasteiger partial charge in [-0.05, 0) is 61.4 Å². The Morgan fingerprint density at radius 3 is 2.33 bits per heavy atom. The van der Waals surface area contributed by atoms with Gasteiger partial charge in [0.15, 0.2) is 5.69 Å². The Morgan fingerprint density at radius 2 is 1.65 bits per heavy atom. The first-order valence-corrected chi connectivity index (χ1v) is 14.5. The van der Waals surface area contributed by atoms with E-state index in [1.807, 2.05) is 30.3 Å². The summed E-state index contributed by atoms with van der Waals surface area (Å²) >= 11 is 0. The first kappa shape index (κ1) is 28.4. The van der Waals surface area contributed by atoms with Gasteiger partial charge in [0.1, 0.15) is 11.6 Å². The maximum atomic E-state index is 13.4. The van der Waals surface area contributed by atoms with Crippen molar-refractivity contribution in [3.05, 3.63) is 87.9 Å². The summed E-state index contributed by atoms with van der Waals surface area (Å²) in [6, 6.07) is 15.4. The number of aromatic hydroxyl groups is 1. The van der Waals surface area contributed by atoms with E-state index >= 15 is 0 Å². The number of piperazine rings is 1. The number of nitrogens with one attached hydrogen (secondary N) is 2. The monoisotopic (exact) mass is 588 g/mol. The summed E-state index contributed by atoms with van der Waals surface area (Å²) in [5.74, 6) is -3.13. The van der Waals surface area contributed by atoms with Gasteiger partial charge in [0.25, 0.3) is 11.5 Å². The minimum atomic E-state index is -1.15. The average Bonchev–Trinajstić information content (AvgIpc) is 3.28. The number of carbonyl (C=O) groups is 3. The van der Waals surface area contributed by atoms with Gasteiger partial charge >= 0.3 is 11.8 Å². The van der Waals surface area contributed by atoms with Crippen molar-refractivity contribution in [2.75, 3.05) is 31.1 Å². The molecule has 0 radical (unpaired) electrons. The highest BCUT2D eigenvalue weighted by Crippen LogP contribution is 2.43. The van der Waals surface area contributed by atoms with Gasteiger partial charge in [0.05, 0.1) is 5.54 Å². The number of amides is 3. The molecule has 224 valence electrons. The highest BCUT2D eigenvalue weighted by Gasteiger charge is 2.47.